The molecule has 0 aromatic rings. The van der Waals surface area contributed by atoms with Gasteiger partial charge in [-0.1, -0.05) is 18.3 Å². The number of carbonyl (C=O) groups excluding carboxylic acids is 1. The Morgan fingerprint density at radius 3 is 2.84 bits per heavy atom. The van der Waals surface area contributed by atoms with Crippen LogP contribution in [0.2, 0.25) is 0 Å². The van der Waals surface area contributed by atoms with Crippen LogP contribution in [-0.4, -0.2) is 41.0 Å². The summed E-state index contributed by atoms with van der Waals surface area (Å²) in [4.78, 5) is 18.9. The molecule has 7 heteroatoms. The smallest absolute Gasteiger partial charge is 0.280 e. The summed E-state index contributed by atoms with van der Waals surface area (Å²) in [6, 6.07) is 0.0975. The van der Waals surface area contributed by atoms with Crippen molar-refractivity contribution in [2.45, 2.75) is 6.04 Å². The summed E-state index contributed by atoms with van der Waals surface area (Å²) < 4.78 is 0. The molecular weight excluding hydrogens is 262 g/mol. The molecule has 0 aliphatic carbocycles. The first-order valence-electron chi connectivity index (χ1n) is 5.76. The molecule has 6 nitrogen and oxygen atoms in total. The van der Waals surface area contributed by atoms with Gasteiger partial charge in [0.05, 0.1) is 15.9 Å². The van der Waals surface area contributed by atoms with E-state index < -0.39 is 0 Å². The van der Waals surface area contributed by atoms with Crippen molar-refractivity contribution >= 4 is 22.7 Å². The van der Waals surface area contributed by atoms with Crippen molar-refractivity contribution in [2.24, 2.45) is 22.5 Å². The highest BCUT2D eigenvalue weighted by molar-refractivity contribution is 8.18. The highest BCUT2D eigenvalue weighted by atomic mass is 32.2. The number of nitrogens with two attached hydrogens (primary N) is 2. The molecule has 19 heavy (non-hydrogen) atoms. The standard InChI is InChI=1S/C12H17N5OS/c1-4-17(14)12(18)10-9(13)8-7(16(2)3)5-6-15-11(8)19-10/h4-8H,1,13-14H2,2-3H3. The highest BCUT2D eigenvalue weighted by Gasteiger charge is 2.40. The van der Waals surface area contributed by atoms with Gasteiger partial charge in [0.1, 0.15) is 0 Å². The Kier molecular flexibility index (Phi) is 3.79. The Balaban J connectivity index is 2.35. The molecule has 0 bridgehead atoms. The lowest BCUT2D eigenvalue weighted by molar-refractivity contribution is -0.124. The number of rotatable bonds is 3. The molecular formula is C12H17N5OS. The molecule has 0 aromatic carbocycles. The van der Waals surface area contributed by atoms with Crippen LogP contribution in [0.1, 0.15) is 0 Å². The number of carbonyl (C=O) groups is 1. The van der Waals surface area contributed by atoms with E-state index in [1.807, 2.05) is 25.1 Å². The largest absolute Gasteiger partial charge is 0.400 e. The van der Waals surface area contributed by atoms with E-state index in [1.165, 1.54) is 18.0 Å². The van der Waals surface area contributed by atoms with Crippen LogP contribution in [0.3, 0.4) is 0 Å². The molecule has 2 atom stereocenters. The SMILES string of the molecule is C=CN(N)C(=O)C1=C(N)C2C(=NC=CC2N(C)C)S1. The molecule has 2 heterocycles. The lowest BCUT2D eigenvalue weighted by Crippen LogP contribution is -2.40. The minimum absolute atomic E-state index is 0.0813. The molecule has 1 amide bonds. The minimum atomic E-state index is -0.355. The molecule has 2 unspecified atom stereocenters. The number of amides is 1. The van der Waals surface area contributed by atoms with Crippen LogP contribution >= 0.6 is 11.8 Å². The van der Waals surface area contributed by atoms with Gasteiger partial charge in [-0.15, -0.1) is 0 Å². The Hall–Kier alpha value is -1.57. The van der Waals surface area contributed by atoms with E-state index in [4.69, 9.17) is 11.6 Å². The highest BCUT2D eigenvalue weighted by Crippen LogP contribution is 2.41. The van der Waals surface area contributed by atoms with Crippen LogP contribution < -0.4 is 11.6 Å². The lowest BCUT2D eigenvalue weighted by atomic mass is 9.94. The van der Waals surface area contributed by atoms with E-state index in [0.717, 1.165) is 10.1 Å². The second kappa shape index (κ2) is 5.20. The number of fused-ring (bicyclic) bond motifs is 1. The van der Waals surface area contributed by atoms with Gasteiger partial charge in [0.2, 0.25) is 0 Å². The third kappa shape index (κ3) is 2.32. The van der Waals surface area contributed by atoms with E-state index in [2.05, 4.69) is 11.6 Å². The summed E-state index contributed by atoms with van der Waals surface area (Å²) in [6.07, 6.45) is 4.98. The van der Waals surface area contributed by atoms with Crippen LogP contribution in [0, 0.1) is 5.92 Å². The topological polar surface area (TPSA) is 87.9 Å². The third-order valence-corrected chi connectivity index (χ3v) is 4.30. The summed E-state index contributed by atoms with van der Waals surface area (Å²) in [5.41, 5.74) is 6.66. The minimum Gasteiger partial charge on any atom is -0.400 e. The van der Waals surface area contributed by atoms with Gasteiger partial charge in [0.25, 0.3) is 5.91 Å². The number of hydrogen-bond donors (Lipinski definition) is 2. The molecule has 0 saturated carbocycles. The zero-order valence-electron chi connectivity index (χ0n) is 10.9. The van der Waals surface area contributed by atoms with E-state index in [9.17, 15) is 4.79 Å². The maximum Gasteiger partial charge on any atom is 0.280 e. The molecule has 2 rings (SSSR count). The Morgan fingerprint density at radius 2 is 2.26 bits per heavy atom. The Morgan fingerprint density at radius 1 is 1.58 bits per heavy atom. The summed E-state index contributed by atoms with van der Waals surface area (Å²) in [7, 11) is 3.93. The predicted octanol–water partition coefficient (Wildman–Crippen LogP) is 0.222. The molecule has 0 radical (unpaired) electrons. The van der Waals surface area contributed by atoms with Gasteiger partial charge in [-0.3, -0.25) is 14.8 Å². The van der Waals surface area contributed by atoms with Crippen molar-refractivity contribution in [1.29, 1.82) is 0 Å². The fourth-order valence-corrected chi connectivity index (χ4v) is 3.24. The molecule has 0 fully saturated rings. The fraction of sp³-hybridized carbons (Fsp3) is 0.333. The van der Waals surface area contributed by atoms with Crippen molar-refractivity contribution in [3.8, 4) is 0 Å². The van der Waals surface area contributed by atoms with Crippen molar-refractivity contribution in [2.75, 3.05) is 14.1 Å². The summed E-state index contributed by atoms with van der Waals surface area (Å²) >= 11 is 1.28. The first-order valence-corrected chi connectivity index (χ1v) is 6.58. The number of nitrogens with zero attached hydrogens (tertiary/aromatic N) is 3. The van der Waals surface area contributed by atoms with Crippen LogP contribution in [0.15, 0.2) is 40.6 Å². The zero-order chi connectivity index (χ0) is 14.2. The average Bonchev–Trinajstić information content (AvgIpc) is 2.74. The van der Waals surface area contributed by atoms with Crippen LogP contribution in [-0.2, 0) is 4.79 Å². The van der Waals surface area contributed by atoms with Gasteiger partial charge in [0.15, 0.2) is 0 Å². The van der Waals surface area contributed by atoms with Crippen LogP contribution in [0.5, 0.6) is 0 Å². The second-order valence-corrected chi connectivity index (χ2v) is 5.55. The van der Waals surface area contributed by atoms with Gasteiger partial charge in [0, 0.05) is 24.1 Å². The van der Waals surface area contributed by atoms with E-state index in [1.54, 1.807) is 6.20 Å². The second-order valence-electron chi connectivity index (χ2n) is 4.52. The molecule has 0 aromatic heterocycles. The first-order chi connectivity index (χ1) is 8.97. The number of thioether (sulfide) groups is 1. The molecule has 0 saturated heterocycles. The number of hydrogen-bond acceptors (Lipinski definition) is 6. The van der Waals surface area contributed by atoms with Gasteiger partial charge in [-0.2, -0.15) is 0 Å². The van der Waals surface area contributed by atoms with Gasteiger partial charge in [-0.05, 0) is 20.2 Å². The summed E-state index contributed by atoms with van der Waals surface area (Å²) in [5, 5.41) is 1.77. The maximum absolute atomic E-state index is 12.1. The molecule has 0 spiro atoms. The van der Waals surface area contributed by atoms with Crippen molar-refractivity contribution in [1.82, 2.24) is 9.91 Å². The monoisotopic (exact) mass is 279 g/mol. The number of likely N-dealkylation sites (N-methyl/N-ethyl adjacent to an activating group) is 1. The Bertz CT molecular complexity index is 508. The van der Waals surface area contributed by atoms with Crippen molar-refractivity contribution in [3.63, 3.8) is 0 Å². The fourth-order valence-electron chi connectivity index (χ4n) is 2.09. The Labute approximate surface area is 116 Å². The summed E-state index contributed by atoms with van der Waals surface area (Å²) in [5.74, 6) is 5.10. The zero-order valence-corrected chi connectivity index (χ0v) is 11.7. The van der Waals surface area contributed by atoms with Gasteiger partial charge >= 0.3 is 0 Å². The number of hydrazine groups is 1. The van der Waals surface area contributed by atoms with Crippen LogP contribution in [0.25, 0.3) is 0 Å². The van der Waals surface area contributed by atoms with Gasteiger partial charge in [-0.25, -0.2) is 5.84 Å². The third-order valence-electron chi connectivity index (χ3n) is 3.12. The molecule has 2 aliphatic heterocycles. The van der Waals surface area contributed by atoms with Crippen molar-refractivity contribution in [3.05, 3.63) is 35.7 Å². The molecule has 102 valence electrons. The maximum atomic E-state index is 12.1. The normalized spacial score (nSPS) is 25.4. The van der Waals surface area contributed by atoms with Crippen molar-refractivity contribution < 1.29 is 4.79 Å². The van der Waals surface area contributed by atoms with Crippen LogP contribution in [0.4, 0.5) is 0 Å². The van der Waals surface area contributed by atoms with E-state index in [-0.39, 0.29) is 17.9 Å². The van der Waals surface area contributed by atoms with E-state index in [0.29, 0.717) is 10.6 Å². The van der Waals surface area contributed by atoms with Gasteiger partial charge < -0.3 is 10.6 Å². The quantitative estimate of drug-likeness (QED) is 0.438. The summed E-state index contributed by atoms with van der Waals surface area (Å²) in [6.45, 7) is 3.47. The molecule has 2 aliphatic rings. The predicted molar refractivity (Wildman–Crippen MR) is 77.6 cm³/mol. The van der Waals surface area contributed by atoms with E-state index >= 15 is 0 Å². The number of aliphatic imine (C=N–C) groups is 1. The average molecular weight is 279 g/mol. The lowest BCUT2D eigenvalue weighted by Gasteiger charge is -2.29. The molecule has 4 N–H and O–H groups in total. The first kappa shape index (κ1) is 13.9.